The first-order valence-electron chi connectivity index (χ1n) is 7.97. The zero-order valence-electron chi connectivity index (χ0n) is 12.6. The van der Waals surface area contributed by atoms with Gasteiger partial charge in [-0.15, -0.1) is 0 Å². The van der Waals surface area contributed by atoms with Gasteiger partial charge < -0.3 is 10.4 Å². The van der Waals surface area contributed by atoms with Crippen LogP contribution in [0.5, 0.6) is 0 Å². The topological polar surface area (TPSA) is 52.6 Å². The van der Waals surface area contributed by atoms with Gasteiger partial charge in [-0.2, -0.15) is 0 Å². The summed E-state index contributed by atoms with van der Waals surface area (Å²) in [6.45, 7) is 3.91. The summed E-state index contributed by atoms with van der Waals surface area (Å²) in [5.74, 6) is -0.240. The average molecular weight is 288 g/mol. The van der Waals surface area contributed by atoms with E-state index in [-0.39, 0.29) is 18.0 Å². The second kappa shape index (κ2) is 6.16. The fourth-order valence-electron chi connectivity index (χ4n) is 3.53. The Morgan fingerprint density at radius 2 is 2.05 bits per heavy atom. The van der Waals surface area contributed by atoms with Crippen LogP contribution in [0.2, 0.25) is 0 Å². The molecule has 3 atom stereocenters. The second-order valence-electron chi connectivity index (χ2n) is 6.23. The van der Waals surface area contributed by atoms with Gasteiger partial charge in [0.05, 0.1) is 6.04 Å². The van der Waals surface area contributed by atoms with Gasteiger partial charge in [0.1, 0.15) is 6.10 Å². The lowest BCUT2D eigenvalue weighted by molar-refractivity contribution is -0.133. The Hall–Kier alpha value is -1.39. The molecule has 114 valence electrons. The highest BCUT2D eigenvalue weighted by atomic mass is 16.3. The first-order valence-corrected chi connectivity index (χ1v) is 7.97. The van der Waals surface area contributed by atoms with E-state index in [0.29, 0.717) is 0 Å². The van der Waals surface area contributed by atoms with E-state index in [1.165, 1.54) is 11.1 Å². The Labute approximate surface area is 126 Å². The predicted octanol–water partition coefficient (Wildman–Crippen LogP) is 1.64. The Morgan fingerprint density at radius 1 is 1.33 bits per heavy atom. The van der Waals surface area contributed by atoms with E-state index in [9.17, 15) is 9.90 Å². The Bertz CT molecular complexity index is 511. The van der Waals surface area contributed by atoms with Crippen LogP contribution in [0.1, 0.15) is 43.4 Å². The van der Waals surface area contributed by atoms with E-state index in [1.807, 2.05) is 19.1 Å². The summed E-state index contributed by atoms with van der Waals surface area (Å²) in [6, 6.07) is 8.17. The zero-order chi connectivity index (χ0) is 14.8. The lowest BCUT2D eigenvalue weighted by atomic mass is 10.1. The molecule has 1 unspecified atom stereocenters. The average Bonchev–Trinajstić information content (AvgIpc) is 3.16. The number of benzene rings is 1. The van der Waals surface area contributed by atoms with Crippen LogP contribution >= 0.6 is 0 Å². The molecule has 0 aromatic heterocycles. The van der Waals surface area contributed by atoms with Gasteiger partial charge in [0.2, 0.25) is 0 Å². The molecule has 0 radical (unpaired) electrons. The number of nitrogens with zero attached hydrogens (tertiary/aromatic N) is 1. The molecular weight excluding hydrogens is 264 g/mol. The third-order valence-electron chi connectivity index (χ3n) is 4.89. The number of fused-ring (bicyclic) bond motifs is 1. The molecule has 2 aliphatic rings. The summed E-state index contributed by atoms with van der Waals surface area (Å²) in [6.07, 6.45) is 3.30. The van der Waals surface area contributed by atoms with E-state index in [0.717, 1.165) is 38.8 Å². The molecule has 1 fully saturated rings. The number of nitrogens with one attached hydrogen (secondary N) is 1. The third-order valence-corrected chi connectivity index (χ3v) is 4.89. The van der Waals surface area contributed by atoms with Crippen molar-refractivity contribution < 1.29 is 9.90 Å². The van der Waals surface area contributed by atoms with Crippen molar-refractivity contribution in [2.45, 2.75) is 50.8 Å². The molecule has 1 saturated heterocycles. The highest BCUT2D eigenvalue weighted by Crippen LogP contribution is 2.30. The molecule has 1 amide bonds. The molecule has 1 aromatic carbocycles. The van der Waals surface area contributed by atoms with Gasteiger partial charge in [0.15, 0.2) is 0 Å². The van der Waals surface area contributed by atoms with E-state index >= 15 is 0 Å². The molecule has 0 saturated carbocycles. The fraction of sp³-hybridized carbons (Fsp3) is 0.588. The quantitative estimate of drug-likeness (QED) is 0.885. The summed E-state index contributed by atoms with van der Waals surface area (Å²) >= 11 is 0. The second-order valence-corrected chi connectivity index (χ2v) is 6.23. The normalized spacial score (nSPS) is 24.6. The maximum Gasteiger partial charge on any atom is 0.250 e. The smallest absolute Gasteiger partial charge is 0.250 e. The Kier molecular flexibility index (Phi) is 4.27. The minimum Gasteiger partial charge on any atom is -0.382 e. The Morgan fingerprint density at radius 3 is 2.81 bits per heavy atom. The van der Waals surface area contributed by atoms with Crippen molar-refractivity contribution in [2.75, 3.05) is 13.1 Å². The van der Waals surface area contributed by atoms with Gasteiger partial charge in [0, 0.05) is 6.04 Å². The number of amides is 1. The van der Waals surface area contributed by atoms with Crippen molar-refractivity contribution in [3.05, 3.63) is 35.4 Å². The number of aryl methyl sites for hydroxylation is 1. The van der Waals surface area contributed by atoms with Crippen molar-refractivity contribution in [3.8, 4) is 0 Å². The molecule has 21 heavy (non-hydrogen) atoms. The van der Waals surface area contributed by atoms with Crippen LogP contribution in [0.25, 0.3) is 0 Å². The van der Waals surface area contributed by atoms with Crippen molar-refractivity contribution in [3.63, 3.8) is 0 Å². The van der Waals surface area contributed by atoms with Crippen molar-refractivity contribution >= 4 is 5.91 Å². The number of carbonyl (C=O) groups excluding carboxylic acids is 1. The molecular formula is C17H24N2O2. The van der Waals surface area contributed by atoms with Crippen LogP contribution in [0, 0.1) is 0 Å². The number of hydrogen-bond donors (Lipinski definition) is 2. The van der Waals surface area contributed by atoms with E-state index in [2.05, 4.69) is 22.3 Å². The van der Waals surface area contributed by atoms with E-state index in [4.69, 9.17) is 0 Å². The molecule has 1 aliphatic carbocycles. The van der Waals surface area contributed by atoms with Gasteiger partial charge >= 0.3 is 0 Å². The third kappa shape index (κ3) is 2.97. The van der Waals surface area contributed by atoms with Gasteiger partial charge in [-0.3, -0.25) is 9.69 Å². The summed E-state index contributed by atoms with van der Waals surface area (Å²) in [5, 5.41) is 13.3. The van der Waals surface area contributed by atoms with Crippen molar-refractivity contribution in [1.29, 1.82) is 0 Å². The number of rotatable bonds is 4. The predicted molar refractivity (Wildman–Crippen MR) is 81.9 cm³/mol. The number of aliphatic hydroxyl groups is 1. The Balaban J connectivity index is 1.61. The number of aliphatic hydroxyl groups excluding tert-OH is 1. The zero-order valence-corrected chi connectivity index (χ0v) is 12.6. The number of likely N-dealkylation sites (tertiary alicyclic amines) is 1. The molecule has 1 aliphatic heterocycles. The van der Waals surface area contributed by atoms with Crippen molar-refractivity contribution in [1.82, 2.24) is 10.2 Å². The maximum atomic E-state index is 12.3. The van der Waals surface area contributed by atoms with Gasteiger partial charge in [-0.05, 0) is 56.8 Å². The standard InChI is InChI=1S/C17H24N2O2/c1-12(19-10-4-5-11-19)16(20)17(21)18-15-9-8-13-6-2-3-7-14(13)15/h2-3,6-7,12,15-16,20H,4-5,8-11H2,1H3,(H,18,21)/t12-,15?,16+/m0/s1. The first kappa shape index (κ1) is 14.5. The van der Waals surface area contributed by atoms with E-state index < -0.39 is 6.10 Å². The summed E-state index contributed by atoms with van der Waals surface area (Å²) in [5.41, 5.74) is 2.51. The molecule has 0 spiro atoms. The van der Waals surface area contributed by atoms with Crippen LogP contribution in [0.3, 0.4) is 0 Å². The van der Waals surface area contributed by atoms with Crippen LogP contribution in [-0.2, 0) is 11.2 Å². The minimum atomic E-state index is -0.948. The highest BCUT2D eigenvalue weighted by molar-refractivity contribution is 5.81. The number of carbonyl (C=O) groups is 1. The SMILES string of the molecule is C[C@@H]([C@@H](O)C(=O)NC1CCc2ccccc21)N1CCCC1. The largest absolute Gasteiger partial charge is 0.382 e. The summed E-state index contributed by atoms with van der Waals surface area (Å²) in [7, 11) is 0. The molecule has 4 heteroatoms. The van der Waals surface area contributed by atoms with Crippen LogP contribution in [0.15, 0.2) is 24.3 Å². The monoisotopic (exact) mass is 288 g/mol. The van der Waals surface area contributed by atoms with Crippen LogP contribution < -0.4 is 5.32 Å². The highest BCUT2D eigenvalue weighted by Gasteiger charge is 2.31. The molecule has 4 nitrogen and oxygen atoms in total. The maximum absolute atomic E-state index is 12.3. The van der Waals surface area contributed by atoms with Crippen LogP contribution in [-0.4, -0.2) is 41.1 Å². The molecule has 3 rings (SSSR count). The van der Waals surface area contributed by atoms with Gasteiger partial charge in [0.25, 0.3) is 5.91 Å². The fourth-order valence-corrected chi connectivity index (χ4v) is 3.53. The number of hydrogen-bond acceptors (Lipinski definition) is 3. The minimum absolute atomic E-state index is 0.0501. The molecule has 0 bridgehead atoms. The summed E-state index contributed by atoms with van der Waals surface area (Å²) in [4.78, 5) is 14.5. The molecule has 2 N–H and O–H groups in total. The van der Waals surface area contributed by atoms with E-state index in [1.54, 1.807) is 0 Å². The van der Waals surface area contributed by atoms with Gasteiger partial charge in [-0.1, -0.05) is 24.3 Å². The lowest BCUT2D eigenvalue weighted by Crippen LogP contribution is -2.48. The van der Waals surface area contributed by atoms with Gasteiger partial charge in [-0.25, -0.2) is 0 Å². The molecule has 1 heterocycles. The summed E-state index contributed by atoms with van der Waals surface area (Å²) < 4.78 is 0. The lowest BCUT2D eigenvalue weighted by Gasteiger charge is -2.28. The van der Waals surface area contributed by atoms with Crippen molar-refractivity contribution in [2.24, 2.45) is 0 Å². The van der Waals surface area contributed by atoms with Crippen LogP contribution in [0.4, 0.5) is 0 Å². The molecule has 1 aromatic rings. The first-order chi connectivity index (χ1) is 10.2.